The fourth-order valence-corrected chi connectivity index (χ4v) is 4.25. The van der Waals surface area contributed by atoms with E-state index in [1.54, 1.807) is 19.2 Å². The summed E-state index contributed by atoms with van der Waals surface area (Å²) in [7, 11) is 1.61. The summed E-state index contributed by atoms with van der Waals surface area (Å²) in [6, 6.07) is 15.0. The van der Waals surface area contributed by atoms with Crippen LogP contribution in [0.15, 0.2) is 48.5 Å². The van der Waals surface area contributed by atoms with Gasteiger partial charge >= 0.3 is 0 Å². The van der Waals surface area contributed by atoms with Crippen LogP contribution in [-0.4, -0.2) is 35.9 Å². The maximum Gasteiger partial charge on any atom is 0.254 e. The van der Waals surface area contributed by atoms with Gasteiger partial charge in [0.15, 0.2) is 0 Å². The highest BCUT2D eigenvalue weighted by molar-refractivity contribution is 5.95. The first-order valence-corrected chi connectivity index (χ1v) is 11.2. The van der Waals surface area contributed by atoms with Crippen LogP contribution in [0.1, 0.15) is 54.4 Å². The Bertz CT molecular complexity index is 907. The average molecular weight is 422 g/mol. The standard InChI is InChI=1S/C25H31N3O3/c1-31-21-14-10-19(11-15-21)25(30)28(23-5-3-2-4-22(23)26)16-17-6-12-20(13-7-17)27-24(29)18-8-9-18/h6-7,10-15,18,22-23H,2-5,8-9,16,26H2,1H3,(H,27,29). The molecule has 0 heterocycles. The van der Waals surface area contributed by atoms with Crippen molar-refractivity contribution >= 4 is 17.5 Å². The number of rotatable bonds is 7. The maximum atomic E-state index is 13.5. The lowest BCUT2D eigenvalue weighted by Gasteiger charge is -2.38. The zero-order valence-electron chi connectivity index (χ0n) is 18.0. The highest BCUT2D eigenvalue weighted by Crippen LogP contribution is 2.30. The minimum atomic E-state index is -0.0203. The third-order valence-corrected chi connectivity index (χ3v) is 6.30. The first-order chi connectivity index (χ1) is 15.0. The van der Waals surface area contributed by atoms with Crippen molar-refractivity contribution in [3.8, 4) is 5.75 Å². The van der Waals surface area contributed by atoms with Crippen molar-refractivity contribution in [1.82, 2.24) is 4.90 Å². The van der Waals surface area contributed by atoms with E-state index in [9.17, 15) is 9.59 Å². The fourth-order valence-electron chi connectivity index (χ4n) is 4.25. The molecule has 31 heavy (non-hydrogen) atoms. The van der Waals surface area contributed by atoms with Gasteiger partial charge in [-0.05, 0) is 67.6 Å². The van der Waals surface area contributed by atoms with Crippen molar-refractivity contribution in [2.24, 2.45) is 11.7 Å². The summed E-state index contributed by atoms with van der Waals surface area (Å²) in [6.45, 7) is 0.486. The van der Waals surface area contributed by atoms with E-state index >= 15 is 0 Å². The van der Waals surface area contributed by atoms with E-state index in [0.29, 0.717) is 12.1 Å². The molecule has 0 saturated heterocycles. The molecule has 2 aromatic carbocycles. The topological polar surface area (TPSA) is 84.7 Å². The van der Waals surface area contributed by atoms with E-state index in [0.717, 1.165) is 55.5 Å². The Balaban J connectivity index is 1.52. The molecule has 2 aliphatic rings. The molecule has 0 aliphatic heterocycles. The molecule has 0 radical (unpaired) electrons. The lowest BCUT2D eigenvalue weighted by molar-refractivity contribution is -0.117. The van der Waals surface area contributed by atoms with Gasteiger partial charge in [0.05, 0.1) is 7.11 Å². The van der Waals surface area contributed by atoms with Crippen molar-refractivity contribution < 1.29 is 14.3 Å². The van der Waals surface area contributed by atoms with Crippen molar-refractivity contribution in [1.29, 1.82) is 0 Å². The van der Waals surface area contributed by atoms with Gasteiger partial charge in [-0.3, -0.25) is 9.59 Å². The van der Waals surface area contributed by atoms with E-state index in [1.165, 1.54) is 0 Å². The van der Waals surface area contributed by atoms with Crippen LogP contribution in [0, 0.1) is 5.92 Å². The van der Waals surface area contributed by atoms with Crippen LogP contribution >= 0.6 is 0 Å². The highest BCUT2D eigenvalue weighted by atomic mass is 16.5. The summed E-state index contributed by atoms with van der Waals surface area (Å²) < 4.78 is 5.22. The molecule has 0 bridgehead atoms. The third kappa shape index (κ3) is 5.25. The van der Waals surface area contributed by atoms with Crippen LogP contribution in [0.4, 0.5) is 5.69 Å². The van der Waals surface area contributed by atoms with E-state index < -0.39 is 0 Å². The van der Waals surface area contributed by atoms with Crippen LogP contribution in [0.2, 0.25) is 0 Å². The molecule has 6 nitrogen and oxygen atoms in total. The summed E-state index contributed by atoms with van der Waals surface area (Å²) in [5, 5.41) is 2.96. The van der Waals surface area contributed by atoms with E-state index in [1.807, 2.05) is 41.3 Å². The number of benzene rings is 2. The maximum absolute atomic E-state index is 13.5. The number of amides is 2. The van der Waals surface area contributed by atoms with E-state index in [-0.39, 0.29) is 29.8 Å². The molecule has 2 unspecified atom stereocenters. The Labute approximate surface area is 183 Å². The second-order valence-electron chi connectivity index (χ2n) is 8.64. The van der Waals surface area contributed by atoms with Gasteiger partial charge in [0, 0.05) is 35.8 Å². The summed E-state index contributed by atoms with van der Waals surface area (Å²) in [4.78, 5) is 27.4. The number of nitrogens with zero attached hydrogens (tertiary/aromatic N) is 1. The summed E-state index contributed by atoms with van der Waals surface area (Å²) in [6.07, 6.45) is 6.00. The molecule has 2 fully saturated rings. The SMILES string of the molecule is COc1ccc(C(=O)N(Cc2ccc(NC(=O)C3CC3)cc2)C2CCCCC2N)cc1. The zero-order chi connectivity index (χ0) is 21.8. The van der Waals surface area contributed by atoms with Crippen LogP contribution in [0.3, 0.4) is 0 Å². The smallest absolute Gasteiger partial charge is 0.254 e. The van der Waals surface area contributed by atoms with Gasteiger partial charge in [-0.25, -0.2) is 0 Å². The van der Waals surface area contributed by atoms with Crippen LogP contribution in [0.25, 0.3) is 0 Å². The molecule has 2 aromatic rings. The Morgan fingerprint density at radius 3 is 2.29 bits per heavy atom. The van der Waals surface area contributed by atoms with Crippen LogP contribution in [0.5, 0.6) is 5.75 Å². The number of carbonyl (C=O) groups excluding carboxylic acids is 2. The second kappa shape index (κ2) is 9.52. The Kier molecular flexibility index (Phi) is 6.56. The number of nitrogens with two attached hydrogens (primary N) is 1. The van der Waals surface area contributed by atoms with Gasteiger partial charge in [0.2, 0.25) is 5.91 Å². The normalized spacial score (nSPS) is 20.7. The monoisotopic (exact) mass is 421 g/mol. The van der Waals surface area contributed by atoms with Crippen molar-refractivity contribution in [2.45, 2.75) is 57.2 Å². The predicted octanol–water partition coefficient (Wildman–Crippen LogP) is 3.96. The number of carbonyl (C=O) groups is 2. The quantitative estimate of drug-likeness (QED) is 0.709. The summed E-state index contributed by atoms with van der Waals surface area (Å²) in [5.74, 6) is 0.972. The van der Waals surface area contributed by atoms with Crippen LogP contribution < -0.4 is 15.8 Å². The molecule has 3 N–H and O–H groups in total. The van der Waals surface area contributed by atoms with Gasteiger partial charge in [0.1, 0.15) is 5.75 Å². The molecule has 164 valence electrons. The molecule has 0 spiro atoms. The van der Waals surface area contributed by atoms with Crippen LogP contribution in [-0.2, 0) is 11.3 Å². The van der Waals surface area contributed by atoms with Gasteiger partial charge in [-0.1, -0.05) is 25.0 Å². The molecular weight excluding hydrogens is 390 g/mol. The lowest BCUT2D eigenvalue weighted by atomic mass is 9.89. The summed E-state index contributed by atoms with van der Waals surface area (Å²) in [5.41, 5.74) is 8.89. The van der Waals surface area contributed by atoms with Gasteiger partial charge in [-0.15, -0.1) is 0 Å². The molecule has 6 heteroatoms. The van der Waals surface area contributed by atoms with Gasteiger partial charge in [-0.2, -0.15) is 0 Å². The largest absolute Gasteiger partial charge is 0.497 e. The minimum Gasteiger partial charge on any atom is -0.497 e. The Hall–Kier alpha value is -2.86. The molecule has 2 amide bonds. The summed E-state index contributed by atoms with van der Waals surface area (Å²) >= 11 is 0. The molecular formula is C25H31N3O3. The molecule has 4 rings (SSSR count). The van der Waals surface area contributed by atoms with Gasteiger partial charge < -0.3 is 20.7 Å². The van der Waals surface area contributed by atoms with E-state index in [2.05, 4.69) is 5.32 Å². The molecule has 0 aromatic heterocycles. The highest BCUT2D eigenvalue weighted by Gasteiger charge is 2.32. The van der Waals surface area contributed by atoms with Crippen molar-refractivity contribution in [3.05, 3.63) is 59.7 Å². The van der Waals surface area contributed by atoms with Crippen molar-refractivity contribution in [2.75, 3.05) is 12.4 Å². The zero-order valence-corrected chi connectivity index (χ0v) is 18.0. The number of hydrogen-bond donors (Lipinski definition) is 2. The van der Waals surface area contributed by atoms with Crippen molar-refractivity contribution in [3.63, 3.8) is 0 Å². The molecule has 2 saturated carbocycles. The number of hydrogen-bond acceptors (Lipinski definition) is 4. The number of nitrogens with one attached hydrogen (secondary N) is 1. The third-order valence-electron chi connectivity index (χ3n) is 6.30. The predicted molar refractivity (Wildman–Crippen MR) is 121 cm³/mol. The van der Waals surface area contributed by atoms with Gasteiger partial charge in [0.25, 0.3) is 5.91 Å². The average Bonchev–Trinajstić information content (AvgIpc) is 3.64. The number of methoxy groups -OCH3 is 1. The second-order valence-corrected chi connectivity index (χ2v) is 8.64. The number of ether oxygens (including phenoxy) is 1. The first kappa shape index (κ1) is 21.4. The lowest BCUT2D eigenvalue weighted by Crippen LogP contribution is -2.51. The molecule has 2 aliphatic carbocycles. The first-order valence-electron chi connectivity index (χ1n) is 11.2. The fraction of sp³-hybridized carbons (Fsp3) is 0.440. The number of anilines is 1. The Morgan fingerprint density at radius 2 is 1.68 bits per heavy atom. The Morgan fingerprint density at radius 1 is 1.00 bits per heavy atom. The van der Waals surface area contributed by atoms with E-state index in [4.69, 9.17) is 10.5 Å². The minimum absolute atomic E-state index is 0.0117. The molecule has 2 atom stereocenters.